The average molecular weight is 333 g/mol. The summed E-state index contributed by atoms with van der Waals surface area (Å²) in [6, 6.07) is 10.2. The highest BCUT2D eigenvalue weighted by Crippen LogP contribution is 2.29. The number of benzene rings is 2. The van der Waals surface area contributed by atoms with Crippen LogP contribution in [0.25, 0.3) is 0 Å². The number of likely N-dealkylation sites (N-methyl/N-ethyl adjacent to an activating group) is 1. The summed E-state index contributed by atoms with van der Waals surface area (Å²) in [7, 11) is 1.81. The van der Waals surface area contributed by atoms with Crippen molar-refractivity contribution in [1.29, 1.82) is 0 Å². The van der Waals surface area contributed by atoms with Gasteiger partial charge in [-0.15, -0.1) is 0 Å². The summed E-state index contributed by atoms with van der Waals surface area (Å²) in [5.41, 5.74) is 1.72. The molecular weight excluding hydrogens is 320 g/mol. The van der Waals surface area contributed by atoms with Crippen molar-refractivity contribution < 1.29 is 4.39 Å². The third kappa shape index (κ3) is 3.44. The molecule has 106 valence electrons. The van der Waals surface area contributed by atoms with Crippen molar-refractivity contribution in [3.63, 3.8) is 0 Å². The lowest BCUT2D eigenvalue weighted by molar-refractivity contribution is 0.578. The maximum Gasteiger partial charge on any atom is 0.142 e. The maximum absolute atomic E-state index is 13.5. The molecule has 0 bridgehead atoms. The molecule has 0 fully saturated rings. The van der Waals surface area contributed by atoms with Gasteiger partial charge in [0.25, 0.3) is 0 Å². The molecule has 0 saturated heterocycles. The summed E-state index contributed by atoms with van der Waals surface area (Å²) in [6.45, 7) is 0. The van der Waals surface area contributed by atoms with E-state index in [1.807, 2.05) is 19.2 Å². The molecule has 1 nitrogen and oxygen atoms in total. The number of hydrogen-bond donors (Lipinski definition) is 1. The second kappa shape index (κ2) is 6.77. The molecule has 0 radical (unpaired) electrons. The number of hydrogen-bond acceptors (Lipinski definition) is 1. The Morgan fingerprint density at radius 1 is 1.10 bits per heavy atom. The fourth-order valence-electron chi connectivity index (χ4n) is 2.06. The van der Waals surface area contributed by atoms with E-state index in [2.05, 4.69) is 5.32 Å². The van der Waals surface area contributed by atoms with Gasteiger partial charge in [-0.25, -0.2) is 4.39 Å². The molecule has 1 atom stereocenters. The van der Waals surface area contributed by atoms with Gasteiger partial charge in [0.15, 0.2) is 0 Å². The molecular formula is C15H13Cl3FN. The molecule has 0 saturated carbocycles. The first-order valence-electron chi connectivity index (χ1n) is 6.08. The summed E-state index contributed by atoms with van der Waals surface area (Å²) in [5, 5.41) is 4.31. The van der Waals surface area contributed by atoms with E-state index in [1.165, 1.54) is 6.07 Å². The second-order valence-corrected chi connectivity index (χ2v) is 5.63. The fraction of sp³-hybridized carbons (Fsp3) is 0.200. The van der Waals surface area contributed by atoms with Gasteiger partial charge >= 0.3 is 0 Å². The standard InChI is InChI=1S/C15H13Cl3FN/c1-20-14(10-3-2-4-13(19)15(10)18)8-9-5-6-11(16)12(17)7-9/h2-7,14,20H,8H2,1H3. The minimum Gasteiger partial charge on any atom is -0.313 e. The van der Waals surface area contributed by atoms with Crippen LogP contribution in [0.2, 0.25) is 15.1 Å². The maximum atomic E-state index is 13.5. The molecule has 0 aliphatic rings. The molecule has 2 aromatic rings. The van der Waals surface area contributed by atoms with E-state index in [1.54, 1.807) is 18.2 Å². The van der Waals surface area contributed by atoms with E-state index in [4.69, 9.17) is 34.8 Å². The normalized spacial score (nSPS) is 12.4. The topological polar surface area (TPSA) is 12.0 Å². The molecule has 0 heterocycles. The molecule has 2 aromatic carbocycles. The van der Waals surface area contributed by atoms with Gasteiger partial charge in [0.2, 0.25) is 0 Å². The number of halogens is 4. The Labute approximate surface area is 132 Å². The van der Waals surface area contributed by atoms with Crippen LogP contribution in [-0.2, 0) is 6.42 Å². The van der Waals surface area contributed by atoms with Crippen molar-refractivity contribution in [3.05, 3.63) is 68.4 Å². The van der Waals surface area contributed by atoms with E-state index in [0.717, 1.165) is 11.1 Å². The highest BCUT2D eigenvalue weighted by Gasteiger charge is 2.16. The first-order chi connectivity index (χ1) is 9.52. The number of nitrogens with one attached hydrogen (secondary N) is 1. The van der Waals surface area contributed by atoms with Crippen LogP contribution in [0.1, 0.15) is 17.2 Å². The molecule has 5 heteroatoms. The molecule has 1 N–H and O–H groups in total. The molecule has 0 amide bonds. The zero-order valence-corrected chi connectivity index (χ0v) is 13.0. The Balaban J connectivity index is 2.28. The summed E-state index contributed by atoms with van der Waals surface area (Å²) in [5.74, 6) is -0.418. The summed E-state index contributed by atoms with van der Waals surface area (Å²) >= 11 is 17.9. The van der Waals surface area contributed by atoms with E-state index in [-0.39, 0.29) is 11.1 Å². The highest BCUT2D eigenvalue weighted by molar-refractivity contribution is 6.42. The minimum atomic E-state index is -0.418. The van der Waals surface area contributed by atoms with Gasteiger partial charge < -0.3 is 5.32 Å². The molecule has 0 aromatic heterocycles. The van der Waals surface area contributed by atoms with E-state index >= 15 is 0 Å². The van der Waals surface area contributed by atoms with Crippen molar-refractivity contribution in [2.75, 3.05) is 7.05 Å². The van der Waals surface area contributed by atoms with Gasteiger partial charge in [-0.1, -0.05) is 53.0 Å². The largest absolute Gasteiger partial charge is 0.313 e. The third-order valence-corrected chi connectivity index (χ3v) is 4.27. The molecule has 1 unspecified atom stereocenters. The Bertz CT molecular complexity index is 616. The van der Waals surface area contributed by atoms with Crippen LogP contribution in [0, 0.1) is 5.82 Å². The summed E-state index contributed by atoms with van der Waals surface area (Å²) in [4.78, 5) is 0. The average Bonchev–Trinajstić information content (AvgIpc) is 2.43. The molecule has 2 rings (SSSR count). The minimum absolute atomic E-state index is 0.101. The SMILES string of the molecule is CNC(Cc1ccc(Cl)c(Cl)c1)c1cccc(F)c1Cl. The Morgan fingerprint density at radius 3 is 2.50 bits per heavy atom. The predicted molar refractivity (Wildman–Crippen MR) is 83.4 cm³/mol. The van der Waals surface area contributed by atoms with Gasteiger partial charge in [-0.3, -0.25) is 0 Å². The zero-order valence-electron chi connectivity index (χ0n) is 10.8. The predicted octanol–water partition coefficient (Wildman–Crippen LogP) is 5.29. The Kier molecular flexibility index (Phi) is 5.28. The van der Waals surface area contributed by atoms with Crippen molar-refractivity contribution in [3.8, 4) is 0 Å². The van der Waals surface area contributed by atoms with Crippen molar-refractivity contribution in [2.45, 2.75) is 12.5 Å². The first-order valence-corrected chi connectivity index (χ1v) is 7.21. The highest BCUT2D eigenvalue weighted by atomic mass is 35.5. The van der Waals surface area contributed by atoms with Crippen LogP contribution < -0.4 is 5.32 Å². The second-order valence-electron chi connectivity index (χ2n) is 4.44. The third-order valence-electron chi connectivity index (χ3n) is 3.13. The Hall–Kier alpha value is -0.800. The van der Waals surface area contributed by atoms with Gasteiger partial charge in [0.05, 0.1) is 15.1 Å². The smallest absolute Gasteiger partial charge is 0.142 e. The van der Waals surface area contributed by atoms with E-state index < -0.39 is 5.82 Å². The van der Waals surface area contributed by atoms with Crippen LogP contribution in [0.15, 0.2) is 36.4 Å². The van der Waals surface area contributed by atoms with Crippen LogP contribution in [0.4, 0.5) is 4.39 Å². The van der Waals surface area contributed by atoms with Crippen molar-refractivity contribution in [2.24, 2.45) is 0 Å². The lowest BCUT2D eigenvalue weighted by Gasteiger charge is -2.18. The monoisotopic (exact) mass is 331 g/mol. The fourth-order valence-corrected chi connectivity index (χ4v) is 2.64. The first kappa shape index (κ1) is 15.6. The number of rotatable bonds is 4. The van der Waals surface area contributed by atoms with Crippen LogP contribution >= 0.6 is 34.8 Å². The lowest BCUT2D eigenvalue weighted by Crippen LogP contribution is -2.19. The quantitative estimate of drug-likeness (QED) is 0.802. The molecule has 20 heavy (non-hydrogen) atoms. The van der Waals surface area contributed by atoms with Gasteiger partial charge in [0.1, 0.15) is 5.82 Å². The van der Waals surface area contributed by atoms with Crippen molar-refractivity contribution >= 4 is 34.8 Å². The summed E-state index contributed by atoms with van der Waals surface area (Å²) in [6.07, 6.45) is 0.635. The molecule has 0 spiro atoms. The lowest BCUT2D eigenvalue weighted by atomic mass is 9.99. The van der Waals surface area contributed by atoms with E-state index in [9.17, 15) is 4.39 Å². The van der Waals surface area contributed by atoms with Gasteiger partial charge in [-0.2, -0.15) is 0 Å². The van der Waals surface area contributed by atoms with Crippen LogP contribution in [0.3, 0.4) is 0 Å². The summed E-state index contributed by atoms with van der Waals surface area (Å²) < 4.78 is 13.5. The van der Waals surface area contributed by atoms with Gasteiger partial charge in [0, 0.05) is 6.04 Å². The van der Waals surface area contributed by atoms with E-state index in [0.29, 0.717) is 16.5 Å². The van der Waals surface area contributed by atoms with Crippen LogP contribution in [-0.4, -0.2) is 7.05 Å². The zero-order chi connectivity index (χ0) is 14.7. The van der Waals surface area contributed by atoms with Crippen molar-refractivity contribution in [1.82, 2.24) is 5.32 Å². The van der Waals surface area contributed by atoms with Gasteiger partial charge in [-0.05, 0) is 42.8 Å². The molecule has 0 aliphatic heterocycles. The van der Waals surface area contributed by atoms with Crippen LogP contribution in [0.5, 0.6) is 0 Å². The Morgan fingerprint density at radius 2 is 1.85 bits per heavy atom. The molecule has 0 aliphatic carbocycles.